The molecule has 2 amide bonds. The number of aromatic nitrogens is 3. The summed E-state index contributed by atoms with van der Waals surface area (Å²) >= 11 is 2.36. The van der Waals surface area contributed by atoms with Crippen LogP contribution in [0, 0.1) is 6.92 Å². The molecular formula is C18H10N4O3S2. The van der Waals surface area contributed by atoms with Crippen LogP contribution in [0.1, 0.15) is 25.7 Å². The molecule has 7 nitrogen and oxygen atoms in total. The van der Waals surface area contributed by atoms with Gasteiger partial charge in [-0.3, -0.25) is 14.4 Å². The summed E-state index contributed by atoms with van der Waals surface area (Å²) in [6, 6.07) is 10.8. The normalized spacial score (nSPS) is 13.6. The highest BCUT2D eigenvalue weighted by Gasteiger charge is 2.42. The maximum Gasteiger partial charge on any atom is 0.301 e. The molecule has 1 aromatic carbocycles. The van der Waals surface area contributed by atoms with E-state index in [0.29, 0.717) is 10.6 Å². The summed E-state index contributed by atoms with van der Waals surface area (Å²) in [5.41, 5.74) is 1.19. The van der Waals surface area contributed by atoms with Crippen LogP contribution in [-0.2, 0) is 0 Å². The van der Waals surface area contributed by atoms with Crippen molar-refractivity contribution in [2.45, 2.75) is 6.92 Å². The lowest BCUT2D eigenvalue weighted by Crippen LogP contribution is -2.31. The van der Waals surface area contributed by atoms with Crippen molar-refractivity contribution in [3.8, 4) is 10.6 Å². The Morgan fingerprint density at radius 3 is 2.56 bits per heavy atom. The van der Waals surface area contributed by atoms with Gasteiger partial charge >= 0.3 is 5.56 Å². The lowest BCUT2D eigenvalue weighted by molar-refractivity contribution is 0.0924. The molecule has 0 spiro atoms. The number of anilines is 1. The largest absolute Gasteiger partial charge is 0.301 e. The van der Waals surface area contributed by atoms with Crippen LogP contribution in [0.2, 0.25) is 0 Å². The quantitative estimate of drug-likeness (QED) is 0.488. The standard InChI is InChI=1S/C18H10N4O3S2/c1-9-5-2-3-6-10(9)21-16(24)13-14(17(21)25)27-18-19-15(23)12(20-22(13)18)11-7-4-8-26-11/h2-8H,1H3. The van der Waals surface area contributed by atoms with Gasteiger partial charge in [-0.25, -0.2) is 4.90 Å². The van der Waals surface area contributed by atoms with Gasteiger partial charge in [-0.2, -0.15) is 14.6 Å². The van der Waals surface area contributed by atoms with Gasteiger partial charge in [-0.15, -0.1) is 11.3 Å². The van der Waals surface area contributed by atoms with Gasteiger partial charge in [0.1, 0.15) is 4.88 Å². The van der Waals surface area contributed by atoms with Crippen molar-refractivity contribution in [2.75, 3.05) is 4.90 Å². The van der Waals surface area contributed by atoms with Gasteiger partial charge in [0.25, 0.3) is 11.8 Å². The van der Waals surface area contributed by atoms with E-state index in [2.05, 4.69) is 10.1 Å². The second-order valence-corrected chi connectivity index (χ2v) is 7.87. The second kappa shape index (κ2) is 5.66. The molecule has 4 aromatic rings. The summed E-state index contributed by atoms with van der Waals surface area (Å²) in [6.45, 7) is 1.84. The Bertz CT molecular complexity index is 1300. The summed E-state index contributed by atoms with van der Waals surface area (Å²) in [6.07, 6.45) is 0. The van der Waals surface area contributed by atoms with E-state index in [-0.39, 0.29) is 21.2 Å². The topological polar surface area (TPSA) is 84.6 Å². The van der Waals surface area contributed by atoms with Gasteiger partial charge < -0.3 is 0 Å². The second-order valence-electron chi connectivity index (χ2n) is 5.95. The third-order valence-corrected chi connectivity index (χ3v) is 6.21. The van der Waals surface area contributed by atoms with E-state index >= 15 is 0 Å². The molecule has 1 aliphatic rings. The highest BCUT2D eigenvalue weighted by atomic mass is 32.1. The smallest absolute Gasteiger partial charge is 0.267 e. The zero-order valence-electron chi connectivity index (χ0n) is 13.9. The first kappa shape index (κ1) is 16.0. The number of rotatable bonds is 2. The molecule has 0 N–H and O–H groups in total. The molecule has 132 valence electrons. The average Bonchev–Trinajstić information content (AvgIpc) is 3.34. The number of thiazole rings is 1. The number of thiophene rings is 1. The van der Waals surface area contributed by atoms with Crippen LogP contribution < -0.4 is 10.5 Å². The molecule has 9 heteroatoms. The Labute approximate surface area is 160 Å². The number of carbonyl (C=O) groups is 2. The van der Waals surface area contributed by atoms with Crippen LogP contribution in [0.5, 0.6) is 0 Å². The van der Waals surface area contributed by atoms with E-state index in [1.54, 1.807) is 18.2 Å². The van der Waals surface area contributed by atoms with Crippen molar-refractivity contribution in [3.63, 3.8) is 0 Å². The molecule has 0 radical (unpaired) electrons. The van der Waals surface area contributed by atoms with Crippen LogP contribution >= 0.6 is 22.7 Å². The highest BCUT2D eigenvalue weighted by Crippen LogP contribution is 2.34. The fourth-order valence-electron chi connectivity index (χ4n) is 3.05. The summed E-state index contributed by atoms with van der Waals surface area (Å²) in [4.78, 5) is 44.6. The van der Waals surface area contributed by atoms with E-state index < -0.39 is 17.4 Å². The molecule has 0 atom stereocenters. The van der Waals surface area contributed by atoms with Gasteiger partial charge in [0.05, 0.1) is 10.6 Å². The van der Waals surface area contributed by atoms with E-state index in [0.717, 1.165) is 21.8 Å². The number of imide groups is 1. The molecule has 5 rings (SSSR count). The Morgan fingerprint density at radius 1 is 1.00 bits per heavy atom. The number of hydrogen-bond acceptors (Lipinski definition) is 7. The maximum absolute atomic E-state index is 13.1. The number of aryl methyl sites for hydroxylation is 1. The van der Waals surface area contributed by atoms with Gasteiger partial charge in [0.2, 0.25) is 4.96 Å². The van der Waals surface area contributed by atoms with Crippen molar-refractivity contribution in [2.24, 2.45) is 0 Å². The summed E-state index contributed by atoms with van der Waals surface area (Å²) in [5.74, 6) is -0.891. The van der Waals surface area contributed by atoms with Crippen molar-refractivity contribution < 1.29 is 9.59 Å². The Morgan fingerprint density at radius 2 is 1.81 bits per heavy atom. The van der Waals surface area contributed by atoms with Crippen LogP contribution in [0.4, 0.5) is 5.69 Å². The van der Waals surface area contributed by atoms with Gasteiger partial charge in [0.15, 0.2) is 11.4 Å². The first-order valence-electron chi connectivity index (χ1n) is 7.98. The monoisotopic (exact) mass is 394 g/mol. The minimum absolute atomic E-state index is 0.147. The molecule has 0 saturated heterocycles. The van der Waals surface area contributed by atoms with Crippen molar-refractivity contribution >= 4 is 45.1 Å². The zero-order valence-corrected chi connectivity index (χ0v) is 15.5. The molecule has 0 saturated carbocycles. The SMILES string of the molecule is Cc1ccccc1N1C(=O)c2sc3nc(=O)c(-c4cccs4)nn3c2C1=O. The molecule has 3 aromatic heterocycles. The summed E-state index contributed by atoms with van der Waals surface area (Å²) < 4.78 is 1.31. The number of fused-ring (bicyclic) bond motifs is 3. The van der Waals surface area contributed by atoms with Crippen LogP contribution in [-0.4, -0.2) is 26.4 Å². The predicted octanol–water partition coefficient (Wildman–Crippen LogP) is 2.99. The van der Waals surface area contributed by atoms with Crippen molar-refractivity contribution in [1.82, 2.24) is 14.6 Å². The van der Waals surface area contributed by atoms with E-state index in [1.807, 2.05) is 30.5 Å². The third kappa shape index (κ3) is 2.22. The fraction of sp³-hybridized carbons (Fsp3) is 0.0556. The molecule has 0 aliphatic carbocycles. The Kier molecular flexibility index (Phi) is 3.36. The number of amides is 2. The average molecular weight is 394 g/mol. The molecule has 27 heavy (non-hydrogen) atoms. The minimum Gasteiger partial charge on any atom is -0.267 e. The number of benzene rings is 1. The van der Waals surface area contributed by atoms with Gasteiger partial charge in [-0.1, -0.05) is 35.6 Å². The predicted molar refractivity (Wildman–Crippen MR) is 103 cm³/mol. The van der Waals surface area contributed by atoms with Crippen LogP contribution in [0.25, 0.3) is 15.5 Å². The first-order valence-corrected chi connectivity index (χ1v) is 9.68. The van der Waals surface area contributed by atoms with Crippen LogP contribution in [0.3, 0.4) is 0 Å². The summed E-state index contributed by atoms with van der Waals surface area (Å²) in [5, 5.41) is 6.18. The minimum atomic E-state index is -0.479. The summed E-state index contributed by atoms with van der Waals surface area (Å²) in [7, 11) is 0. The lowest BCUT2D eigenvalue weighted by Gasteiger charge is -2.16. The molecular weight excluding hydrogens is 384 g/mol. The van der Waals surface area contributed by atoms with Crippen molar-refractivity contribution in [1.29, 1.82) is 0 Å². The van der Waals surface area contributed by atoms with E-state index in [1.165, 1.54) is 15.9 Å². The van der Waals surface area contributed by atoms with Crippen LogP contribution in [0.15, 0.2) is 46.6 Å². The first-order chi connectivity index (χ1) is 13.1. The number of carbonyl (C=O) groups excluding carboxylic acids is 2. The van der Waals surface area contributed by atoms with E-state index in [4.69, 9.17) is 0 Å². The zero-order chi connectivity index (χ0) is 18.7. The van der Waals surface area contributed by atoms with Gasteiger partial charge in [-0.05, 0) is 30.0 Å². The third-order valence-electron chi connectivity index (χ3n) is 4.32. The molecule has 0 unspecified atom stereocenters. The van der Waals surface area contributed by atoms with Gasteiger partial charge in [0, 0.05) is 0 Å². The highest BCUT2D eigenvalue weighted by molar-refractivity contribution is 7.19. The number of para-hydroxylation sites is 1. The fourth-order valence-corrected chi connectivity index (χ4v) is 4.73. The molecule has 4 heterocycles. The Hall–Kier alpha value is -3.17. The van der Waals surface area contributed by atoms with E-state index in [9.17, 15) is 14.4 Å². The number of nitrogens with zero attached hydrogens (tertiary/aromatic N) is 4. The molecule has 0 fully saturated rings. The van der Waals surface area contributed by atoms with Crippen molar-refractivity contribution in [3.05, 3.63) is 68.3 Å². The Balaban J connectivity index is 1.73. The number of hydrogen-bond donors (Lipinski definition) is 0. The molecule has 0 bridgehead atoms. The molecule has 1 aliphatic heterocycles. The lowest BCUT2D eigenvalue weighted by atomic mass is 10.2. The maximum atomic E-state index is 13.1.